The van der Waals surface area contributed by atoms with Gasteiger partial charge in [-0.1, -0.05) is 126 Å². The lowest BCUT2D eigenvalue weighted by Gasteiger charge is -2.44. The van der Waals surface area contributed by atoms with Crippen LogP contribution in [0.15, 0.2) is 91.0 Å². The zero-order valence-corrected chi connectivity index (χ0v) is 28.7. The van der Waals surface area contributed by atoms with Gasteiger partial charge >= 0.3 is 5.97 Å². The number of benzene rings is 3. The number of aliphatic hydroxyl groups is 1. The number of aliphatic hydroxyl groups excluding tert-OH is 1. The Balaban J connectivity index is 1.98. The van der Waals surface area contributed by atoms with Crippen LogP contribution in [-0.2, 0) is 39.5 Å². The lowest BCUT2D eigenvalue weighted by atomic mass is 9.86. The van der Waals surface area contributed by atoms with Crippen LogP contribution in [0.25, 0.3) is 0 Å². The highest BCUT2D eigenvalue weighted by Gasteiger charge is 2.51. The van der Waals surface area contributed by atoms with E-state index in [2.05, 4.69) is 45.0 Å². The van der Waals surface area contributed by atoms with Crippen molar-refractivity contribution >= 4 is 24.7 Å². The van der Waals surface area contributed by atoms with Gasteiger partial charge in [0.25, 0.3) is 8.32 Å². The molecule has 0 aromatic heterocycles. The lowest BCUT2D eigenvalue weighted by Crippen LogP contribution is -2.67. The van der Waals surface area contributed by atoms with E-state index in [9.17, 15) is 9.90 Å². The van der Waals surface area contributed by atoms with Crippen molar-refractivity contribution in [2.45, 2.75) is 64.6 Å². The van der Waals surface area contributed by atoms with E-state index >= 15 is 0 Å². The number of ether oxygens (including phenoxy) is 5. The van der Waals surface area contributed by atoms with E-state index in [0.29, 0.717) is 6.61 Å². The number of methoxy groups -OCH3 is 2. The summed E-state index contributed by atoms with van der Waals surface area (Å²) in [5, 5.41) is 12.9. The van der Waals surface area contributed by atoms with Crippen molar-refractivity contribution in [2.75, 3.05) is 34.4 Å². The Morgan fingerprint density at radius 2 is 1.31 bits per heavy atom. The van der Waals surface area contributed by atoms with Gasteiger partial charge in [0.05, 0.1) is 32.5 Å². The van der Waals surface area contributed by atoms with Crippen LogP contribution in [0.1, 0.15) is 40.2 Å². The van der Waals surface area contributed by atoms with Crippen molar-refractivity contribution in [3.63, 3.8) is 0 Å². The molecule has 45 heavy (non-hydrogen) atoms. The molecular formula is C36H50O8Si. The maximum Gasteiger partial charge on any atom is 0.335 e. The second kappa shape index (κ2) is 17.7. The number of carbonyl (C=O) groups is 1. The molecule has 0 aliphatic heterocycles. The van der Waals surface area contributed by atoms with Crippen molar-refractivity contribution in [1.29, 1.82) is 0 Å². The van der Waals surface area contributed by atoms with Crippen LogP contribution in [0.4, 0.5) is 0 Å². The van der Waals surface area contributed by atoms with E-state index in [1.165, 1.54) is 14.2 Å². The Morgan fingerprint density at radius 1 is 0.778 bits per heavy atom. The van der Waals surface area contributed by atoms with Crippen LogP contribution >= 0.6 is 0 Å². The van der Waals surface area contributed by atoms with Gasteiger partial charge < -0.3 is 33.2 Å². The van der Waals surface area contributed by atoms with Gasteiger partial charge in [-0.2, -0.15) is 0 Å². The molecule has 3 aromatic rings. The standard InChI is InChI=1S/C36H50O8Si/c1-27(34(43-25-39-6)28(2)33(37)35(38)40-7)32(42-26-41-23-29-17-11-8-12-18-29)24-44-45(36(3,4)5,30-19-13-9-14-20-30)31-21-15-10-16-22-31/h8-22,27-28,32-34,37H,23-26H2,1-7H3/t27-,28-,32-,33-,34+/m1/s1. The zero-order chi connectivity index (χ0) is 32.9. The van der Waals surface area contributed by atoms with E-state index in [1.807, 2.05) is 73.7 Å². The van der Waals surface area contributed by atoms with Gasteiger partial charge in [-0.05, 0) is 21.0 Å². The fourth-order valence-corrected chi connectivity index (χ4v) is 10.4. The smallest absolute Gasteiger partial charge is 0.335 e. The second-order valence-electron chi connectivity index (χ2n) is 12.4. The normalized spacial score (nSPS) is 15.6. The minimum absolute atomic E-state index is 0.0128. The molecule has 0 aliphatic carbocycles. The van der Waals surface area contributed by atoms with Crippen molar-refractivity contribution in [3.05, 3.63) is 96.6 Å². The van der Waals surface area contributed by atoms with Gasteiger partial charge in [-0.15, -0.1) is 0 Å². The van der Waals surface area contributed by atoms with Gasteiger partial charge in [0.15, 0.2) is 6.10 Å². The van der Waals surface area contributed by atoms with E-state index in [0.717, 1.165) is 15.9 Å². The fraction of sp³-hybridized carbons (Fsp3) is 0.472. The summed E-state index contributed by atoms with van der Waals surface area (Å²) in [5.74, 6) is -1.72. The molecule has 0 aliphatic rings. The second-order valence-corrected chi connectivity index (χ2v) is 16.7. The van der Waals surface area contributed by atoms with Crippen molar-refractivity contribution in [2.24, 2.45) is 11.8 Å². The summed E-state index contributed by atoms with van der Waals surface area (Å²) in [7, 11) is -0.122. The number of hydrogen-bond donors (Lipinski definition) is 1. The fourth-order valence-electron chi connectivity index (χ4n) is 5.85. The van der Waals surface area contributed by atoms with Crippen LogP contribution in [0.3, 0.4) is 0 Å². The van der Waals surface area contributed by atoms with Gasteiger partial charge in [-0.3, -0.25) is 0 Å². The van der Waals surface area contributed by atoms with Gasteiger partial charge in [0, 0.05) is 18.9 Å². The molecule has 0 heterocycles. The molecule has 0 unspecified atom stereocenters. The molecule has 5 atom stereocenters. The van der Waals surface area contributed by atoms with Gasteiger partial charge in [-0.25, -0.2) is 4.79 Å². The molecule has 0 saturated carbocycles. The molecular weight excluding hydrogens is 588 g/mol. The van der Waals surface area contributed by atoms with Gasteiger partial charge in [0.1, 0.15) is 13.6 Å². The molecule has 9 heteroatoms. The minimum atomic E-state index is -2.90. The van der Waals surface area contributed by atoms with Crippen molar-refractivity contribution in [3.8, 4) is 0 Å². The number of hydrogen-bond acceptors (Lipinski definition) is 8. The van der Waals surface area contributed by atoms with E-state index in [1.54, 1.807) is 6.92 Å². The first-order valence-corrected chi connectivity index (χ1v) is 17.3. The van der Waals surface area contributed by atoms with Crippen molar-refractivity contribution < 1.29 is 38.0 Å². The molecule has 0 saturated heterocycles. The monoisotopic (exact) mass is 638 g/mol. The number of carbonyl (C=O) groups excluding carboxylic acids is 1. The first-order valence-electron chi connectivity index (χ1n) is 15.4. The lowest BCUT2D eigenvalue weighted by molar-refractivity contribution is -0.181. The summed E-state index contributed by atoms with van der Waals surface area (Å²) in [6.07, 6.45) is -2.57. The van der Waals surface area contributed by atoms with Crippen LogP contribution in [0, 0.1) is 11.8 Å². The first kappa shape index (κ1) is 36.6. The third kappa shape index (κ3) is 9.56. The quantitative estimate of drug-likeness (QED) is 0.0909. The van der Waals surface area contributed by atoms with Crippen LogP contribution in [0.5, 0.6) is 0 Å². The summed E-state index contributed by atoms with van der Waals surface area (Å²) < 4.78 is 35.8. The molecule has 3 rings (SSSR count). The predicted octanol–water partition coefficient (Wildman–Crippen LogP) is 4.92. The summed E-state index contributed by atoms with van der Waals surface area (Å²) in [5.41, 5.74) is 1.03. The molecule has 0 bridgehead atoms. The average Bonchev–Trinajstić information content (AvgIpc) is 3.06. The summed E-state index contributed by atoms with van der Waals surface area (Å²) >= 11 is 0. The van der Waals surface area contributed by atoms with Gasteiger partial charge in [0.2, 0.25) is 0 Å². The number of rotatable bonds is 18. The molecule has 3 aromatic carbocycles. The summed E-state index contributed by atoms with van der Waals surface area (Å²) in [6, 6.07) is 30.7. The third-order valence-electron chi connectivity index (χ3n) is 8.30. The highest BCUT2D eigenvalue weighted by atomic mass is 28.4. The van der Waals surface area contributed by atoms with E-state index in [4.69, 9.17) is 28.1 Å². The first-order chi connectivity index (χ1) is 21.6. The third-order valence-corrected chi connectivity index (χ3v) is 13.3. The average molecular weight is 639 g/mol. The summed E-state index contributed by atoms with van der Waals surface area (Å²) in [6.45, 7) is 11.0. The predicted molar refractivity (Wildman–Crippen MR) is 178 cm³/mol. The Bertz CT molecular complexity index is 1210. The molecule has 246 valence electrons. The Kier molecular flexibility index (Phi) is 14.4. The van der Waals surface area contributed by atoms with E-state index < -0.39 is 38.5 Å². The molecule has 0 fully saturated rings. The molecule has 0 radical (unpaired) electrons. The highest BCUT2D eigenvalue weighted by molar-refractivity contribution is 6.99. The molecule has 1 N–H and O–H groups in total. The zero-order valence-electron chi connectivity index (χ0n) is 27.7. The largest absolute Gasteiger partial charge is 0.467 e. The Morgan fingerprint density at radius 3 is 1.80 bits per heavy atom. The minimum Gasteiger partial charge on any atom is -0.467 e. The maximum atomic E-state index is 12.3. The van der Waals surface area contributed by atoms with E-state index in [-0.39, 0.29) is 31.1 Å². The molecule has 0 spiro atoms. The molecule has 8 nitrogen and oxygen atoms in total. The Labute approximate surface area is 269 Å². The van der Waals surface area contributed by atoms with Crippen LogP contribution in [-0.4, -0.2) is 72.1 Å². The number of esters is 1. The molecule has 0 amide bonds. The maximum absolute atomic E-state index is 12.3. The van der Waals surface area contributed by atoms with Crippen LogP contribution in [0.2, 0.25) is 5.04 Å². The van der Waals surface area contributed by atoms with Crippen molar-refractivity contribution in [1.82, 2.24) is 0 Å². The topological polar surface area (TPSA) is 92.7 Å². The summed E-state index contributed by atoms with van der Waals surface area (Å²) in [4.78, 5) is 12.3. The highest BCUT2D eigenvalue weighted by Crippen LogP contribution is 2.37. The van der Waals surface area contributed by atoms with Crippen LogP contribution < -0.4 is 10.4 Å². The SMILES string of the molecule is COCO[C@@H]([C@H](C)[C@@H](CO[Si](c1ccccc1)(c1ccccc1)C(C)(C)C)OCOCc1ccccc1)[C@H](C)[C@@H](O)C(=O)OC. The Hall–Kier alpha value is -2.89.